The molecular weight excluding hydrogens is 330 g/mol. The van der Waals surface area contributed by atoms with E-state index in [1.54, 1.807) is 12.1 Å². The molecule has 2 N–H and O–H groups in total. The summed E-state index contributed by atoms with van der Waals surface area (Å²) in [4.78, 5) is 37.7. The molecule has 0 aliphatic heterocycles. The van der Waals surface area contributed by atoms with Crippen LogP contribution in [0, 0.1) is 10.1 Å². The summed E-state index contributed by atoms with van der Waals surface area (Å²) in [6.07, 6.45) is 1.23. The first-order chi connectivity index (χ1) is 11.9. The third-order valence-corrected chi connectivity index (χ3v) is 3.40. The van der Waals surface area contributed by atoms with Crippen molar-refractivity contribution in [3.05, 3.63) is 64.0 Å². The fourth-order valence-electron chi connectivity index (χ4n) is 2.19. The lowest BCUT2D eigenvalue weighted by Gasteiger charge is -2.16. The van der Waals surface area contributed by atoms with E-state index in [1.165, 1.54) is 37.6 Å². The van der Waals surface area contributed by atoms with Gasteiger partial charge in [0.15, 0.2) is 0 Å². The van der Waals surface area contributed by atoms with Crippen molar-refractivity contribution >= 4 is 17.6 Å². The number of carboxylic acids is 1. The topological polar surface area (TPSA) is 132 Å². The number of ether oxygens (including phenoxy) is 1. The van der Waals surface area contributed by atoms with Crippen molar-refractivity contribution in [3.8, 4) is 5.75 Å². The molecule has 2 rings (SSSR count). The minimum atomic E-state index is -1.30. The van der Waals surface area contributed by atoms with Gasteiger partial charge in [-0.1, -0.05) is 6.07 Å². The average Bonchev–Trinajstić information content (AvgIpc) is 2.61. The number of amides is 1. The molecule has 130 valence electrons. The Morgan fingerprint density at radius 1 is 1.36 bits per heavy atom. The number of nitrogens with one attached hydrogen (secondary N) is 1. The number of nitro groups is 1. The molecule has 0 aliphatic rings. The lowest BCUT2D eigenvalue weighted by atomic mass is 10.0. The first kappa shape index (κ1) is 17.9. The fraction of sp³-hybridized carbons (Fsp3) is 0.188. The van der Waals surface area contributed by atoms with Gasteiger partial charge in [0, 0.05) is 30.3 Å². The zero-order chi connectivity index (χ0) is 18.4. The Bertz CT molecular complexity index is 794. The van der Waals surface area contributed by atoms with E-state index in [1.807, 2.05) is 0 Å². The summed E-state index contributed by atoms with van der Waals surface area (Å²) in [5.74, 6) is -1.64. The zero-order valence-corrected chi connectivity index (χ0v) is 13.2. The van der Waals surface area contributed by atoms with Gasteiger partial charge in [-0.25, -0.2) is 4.79 Å². The van der Waals surface area contributed by atoms with Crippen molar-refractivity contribution in [2.75, 3.05) is 7.11 Å². The van der Waals surface area contributed by atoms with Gasteiger partial charge in [-0.3, -0.25) is 19.9 Å². The molecule has 0 bridgehead atoms. The summed E-state index contributed by atoms with van der Waals surface area (Å²) in [6, 6.07) is 7.23. The molecule has 1 amide bonds. The number of hydrogen-bond acceptors (Lipinski definition) is 6. The highest BCUT2D eigenvalue weighted by atomic mass is 16.6. The van der Waals surface area contributed by atoms with Crippen LogP contribution < -0.4 is 10.1 Å². The maximum atomic E-state index is 12.1. The van der Waals surface area contributed by atoms with Gasteiger partial charge in [0.1, 0.15) is 17.5 Å². The minimum absolute atomic E-state index is 0.0692. The molecule has 0 saturated heterocycles. The second-order valence-electron chi connectivity index (χ2n) is 5.04. The first-order valence-corrected chi connectivity index (χ1v) is 7.18. The summed E-state index contributed by atoms with van der Waals surface area (Å²) in [5.41, 5.74) is 0.168. The number of rotatable bonds is 7. The number of carbonyl (C=O) groups is 2. The third-order valence-electron chi connectivity index (χ3n) is 3.40. The van der Waals surface area contributed by atoms with E-state index >= 15 is 0 Å². The molecule has 9 nitrogen and oxygen atoms in total. The van der Waals surface area contributed by atoms with Crippen molar-refractivity contribution in [1.29, 1.82) is 0 Å². The van der Waals surface area contributed by atoms with Gasteiger partial charge in [-0.05, 0) is 18.2 Å². The smallest absolute Gasteiger partial charge is 0.326 e. The lowest BCUT2D eigenvalue weighted by molar-refractivity contribution is -0.384. The number of pyridine rings is 1. The third kappa shape index (κ3) is 4.50. The molecule has 1 aromatic heterocycles. The van der Waals surface area contributed by atoms with Gasteiger partial charge in [0.2, 0.25) is 0 Å². The molecule has 1 atom stereocenters. The molecular formula is C16H15N3O6. The van der Waals surface area contributed by atoms with Gasteiger partial charge in [-0.15, -0.1) is 0 Å². The van der Waals surface area contributed by atoms with Crippen molar-refractivity contribution in [3.63, 3.8) is 0 Å². The van der Waals surface area contributed by atoms with Gasteiger partial charge in [0.05, 0.1) is 12.0 Å². The molecule has 0 radical (unpaired) electrons. The molecule has 1 aromatic carbocycles. The van der Waals surface area contributed by atoms with E-state index in [4.69, 9.17) is 4.74 Å². The predicted octanol–water partition coefficient (Wildman–Crippen LogP) is 1.42. The van der Waals surface area contributed by atoms with Crippen molar-refractivity contribution in [1.82, 2.24) is 10.3 Å². The predicted molar refractivity (Wildman–Crippen MR) is 86.5 cm³/mol. The maximum absolute atomic E-state index is 12.1. The van der Waals surface area contributed by atoms with Crippen LogP contribution in [0.25, 0.3) is 0 Å². The maximum Gasteiger partial charge on any atom is 0.326 e. The lowest BCUT2D eigenvalue weighted by Crippen LogP contribution is -2.42. The summed E-state index contributed by atoms with van der Waals surface area (Å²) < 4.78 is 5.11. The molecule has 0 fully saturated rings. The van der Waals surface area contributed by atoms with E-state index in [9.17, 15) is 24.8 Å². The Morgan fingerprint density at radius 3 is 2.68 bits per heavy atom. The SMILES string of the molecule is COc1ccc([N+](=O)[O-])cc1C[C@@H](NC(=O)c1ccccn1)C(=O)O. The van der Waals surface area contributed by atoms with E-state index in [2.05, 4.69) is 10.3 Å². The van der Waals surface area contributed by atoms with Gasteiger partial charge in [-0.2, -0.15) is 0 Å². The van der Waals surface area contributed by atoms with Crippen LogP contribution in [-0.4, -0.2) is 40.0 Å². The number of nitro benzene ring substituents is 1. The van der Waals surface area contributed by atoms with E-state index in [0.29, 0.717) is 11.3 Å². The Morgan fingerprint density at radius 2 is 2.12 bits per heavy atom. The zero-order valence-electron chi connectivity index (χ0n) is 13.2. The van der Waals surface area contributed by atoms with Gasteiger partial charge >= 0.3 is 5.97 Å². The average molecular weight is 345 g/mol. The number of nitrogens with zero attached hydrogens (tertiary/aromatic N) is 2. The minimum Gasteiger partial charge on any atom is -0.496 e. The van der Waals surface area contributed by atoms with Crippen LogP contribution in [-0.2, 0) is 11.2 Å². The Labute approximate surface area is 142 Å². The van der Waals surface area contributed by atoms with Crippen molar-refractivity contribution in [2.24, 2.45) is 0 Å². The molecule has 0 spiro atoms. The highest BCUT2D eigenvalue weighted by molar-refractivity contribution is 5.95. The fourth-order valence-corrected chi connectivity index (χ4v) is 2.19. The Balaban J connectivity index is 2.24. The normalized spacial score (nSPS) is 11.4. The highest BCUT2D eigenvalue weighted by Crippen LogP contribution is 2.25. The second kappa shape index (κ2) is 7.86. The Hall–Kier alpha value is -3.49. The second-order valence-corrected chi connectivity index (χ2v) is 5.04. The van der Waals surface area contributed by atoms with Crippen LogP contribution in [0.3, 0.4) is 0 Å². The number of methoxy groups -OCH3 is 1. The molecule has 9 heteroatoms. The number of hydrogen-bond donors (Lipinski definition) is 2. The standard InChI is InChI=1S/C16H15N3O6/c1-25-14-6-5-11(19(23)24)8-10(14)9-13(16(21)22)18-15(20)12-4-2-3-7-17-12/h2-8,13H,9H2,1H3,(H,18,20)(H,21,22)/t13-/m1/s1. The van der Waals surface area contributed by atoms with E-state index in [0.717, 1.165) is 0 Å². The van der Waals surface area contributed by atoms with Gasteiger partial charge < -0.3 is 15.2 Å². The van der Waals surface area contributed by atoms with Crippen LogP contribution in [0.2, 0.25) is 0 Å². The molecule has 0 aliphatic carbocycles. The monoisotopic (exact) mass is 345 g/mol. The molecule has 0 unspecified atom stereocenters. The van der Waals surface area contributed by atoms with Crippen LogP contribution in [0.5, 0.6) is 5.75 Å². The van der Waals surface area contributed by atoms with E-state index < -0.39 is 22.8 Å². The molecule has 1 heterocycles. The quantitative estimate of drug-likeness (QED) is 0.573. The molecule has 2 aromatic rings. The summed E-state index contributed by atoms with van der Waals surface area (Å²) in [6.45, 7) is 0. The molecule has 0 saturated carbocycles. The largest absolute Gasteiger partial charge is 0.496 e. The van der Waals surface area contributed by atoms with Crippen LogP contribution >= 0.6 is 0 Å². The summed E-state index contributed by atoms with van der Waals surface area (Å²) >= 11 is 0. The Kier molecular flexibility index (Phi) is 5.62. The summed E-state index contributed by atoms with van der Waals surface area (Å²) in [5, 5.41) is 22.6. The number of non-ortho nitro benzene ring substituents is 1. The van der Waals surface area contributed by atoms with Gasteiger partial charge in [0.25, 0.3) is 11.6 Å². The number of aromatic nitrogens is 1. The highest BCUT2D eigenvalue weighted by Gasteiger charge is 2.24. The first-order valence-electron chi connectivity index (χ1n) is 7.18. The van der Waals surface area contributed by atoms with Crippen LogP contribution in [0.4, 0.5) is 5.69 Å². The van der Waals surface area contributed by atoms with Crippen molar-refractivity contribution < 1.29 is 24.4 Å². The summed E-state index contributed by atoms with van der Waals surface area (Å²) in [7, 11) is 1.37. The molecule has 25 heavy (non-hydrogen) atoms. The number of carbonyl (C=O) groups excluding carboxylic acids is 1. The number of benzene rings is 1. The van der Waals surface area contributed by atoms with Crippen LogP contribution in [0.15, 0.2) is 42.6 Å². The van der Waals surface area contributed by atoms with Crippen molar-refractivity contribution in [2.45, 2.75) is 12.5 Å². The van der Waals surface area contributed by atoms with E-state index in [-0.39, 0.29) is 17.8 Å². The number of carboxylic acid groups (broad SMARTS) is 1. The van der Waals surface area contributed by atoms with Crippen LogP contribution in [0.1, 0.15) is 16.1 Å². The number of aliphatic carboxylic acids is 1.